The van der Waals surface area contributed by atoms with E-state index in [1.807, 2.05) is 0 Å². The van der Waals surface area contributed by atoms with Crippen LogP contribution in [0.1, 0.15) is 46.0 Å². The van der Waals surface area contributed by atoms with E-state index in [1.165, 1.54) is 38.6 Å². The Morgan fingerprint density at radius 1 is 1.35 bits per heavy atom. The second kappa shape index (κ2) is 6.72. The summed E-state index contributed by atoms with van der Waals surface area (Å²) in [6.07, 6.45) is 7.22. The van der Waals surface area contributed by atoms with E-state index < -0.39 is 0 Å². The first-order valence-electron chi connectivity index (χ1n) is 7.41. The summed E-state index contributed by atoms with van der Waals surface area (Å²) >= 11 is 0. The average Bonchev–Trinajstić information content (AvgIpc) is 2.64. The van der Waals surface area contributed by atoms with Crippen LogP contribution in [-0.2, 0) is 4.74 Å². The van der Waals surface area contributed by atoms with E-state index in [0.717, 1.165) is 25.7 Å². The quantitative estimate of drug-likeness (QED) is 0.817. The molecule has 0 radical (unpaired) electrons. The molecule has 0 amide bonds. The number of morpholine rings is 1. The number of rotatable bonds is 3. The van der Waals surface area contributed by atoms with Crippen LogP contribution in [0, 0.1) is 0 Å². The maximum atomic E-state index is 5.92. The third kappa shape index (κ3) is 3.43. The van der Waals surface area contributed by atoms with Gasteiger partial charge in [-0.05, 0) is 32.7 Å². The predicted octanol–water partition coefficient (Wildman–Crippen LogP) is 2.02. The van der Waals surface area contributed by atoms with E-state index in [2.05, 4.69) is 24.1 Å². The minimum Gasteiger partial charge on any atom is -0.374 e. The number of likely N-dealkylation sites (tertiary alicyclic amines) is 1. The molecule has 0 aromatic rings. The van der Waals surface area contributed by atoms with Crippen LogP contribution in [0.4, 0.5) is 0 Å². The molecule has 0 aromatic carbocycles. The molecular formula is C14H28N2O. The third-order valence-electron chi connectivity index (χ3n) is 4.41. The highest BCUT2D eigenvalue weighted by atomic mass is 16.5. The van der Waals surface area contributed by atoms with Crippen LogP contribution in [0.3, 0.4) is 0 Å². The molecule has 0 aromatic heterocycles. The summed E-state index contributed by atoms with van der Waals surface area (Å²) in [5.74, 6) is 0. The summed E-state index contributed by atoms with van der Waals surface area (Å²) in [6.45, 7) is 8.86. The van der Waals surface area contributed by atoms with Crippen LogP contribution in [0.5, 0.6) is 0 Å². The van der Waals surface area contributed by atoms with Gasteiger partial charge in [-0.2, -0.15) is 0 Å². The Bertz CT molecular complexity index is 216. The van der Waals surface area contributed by atoms with E-state index in [9.17, 15) is 0 Å². The monoisotopic (exact) mass is 240 g/mol. The van der Waals surface area contributed by atoms with Crippen LogP contribution < -0.4 is 5.32 Å². The summed E-state index contributed by atoms with van der Waals surface area (Å²) in [5, 5.41) is 3.45. The zero-order valence-electron chi connectivity index (χ0n) is 11.5. The molecule has 3 atom stereocenters. The molecule has 2 fully saturated rings. The summed E-state index contributed by atoms with van der Waals surface area (Å²) in [7, 11) is 0. The van der Waals surface area contributed by atoms with Crippen molar-refractivity contribution in [2.75, 3.05) is 26.2 Å². The van der Waals surface area contributed by atoms with Gasteiger partial charge in [0.2, 0.25) is 0 Å². The fourth-order valence-corrected chi connectivity index (χ4v) is 3.28. The van der Waals surface area contributed by atoms with Crippen molar-refractivity contribution in [2.45, 2.75) is 64.1 Å². The second-order valence-corrected chi connectivity index (χ2v) is 5.50. The van der Waals surface area contributed by atoms with Crippen molar-refractivity contribution in [2.24, 2.45) is 0 Å². The fraction of sp³-hybridized carbons (Fsp3) is 1.00. The topological polar surface area (TPSA) is 24.5 Å². The van der Waals surface area contributed by atoms with Crippen LogP contribution >= 0.6 is 0 Å². The van der Waals surface area contributed by atoms with Crippen molar-refractivity contribution in [3.63, 3.8) is 0 Å². The maximum absolute atomic E-state index is 5.92. The normalized spacial score (nSPS) is 34.2. The SMILES string of the molecule is CCC1CCCCCN1C(C)C1CNCCO1. The van der Waals surface area contributed by atoms with Gasteiger partial charge in [0.25, 0.3) is 0 Å². The lowest BCUT2D eigenvalue weighted by atomic mass is 10.0. The predicted molar refractivity (Wildman–Crippen MR) is 71.3 cm³/mol. The Kier molecular flexibility index (Phi) is 5.26. The van der Waals surface area contributed by atoms with E-state index >= 15 is 0 Å². The van der Waals surface area contributed by atoms with E-state index in [1.54, 1.807) is 0 Å². The zero-order chi connectivity index (χ0) is 12.1. The summed E-state index contributed by atoms with van der Waals surface area (Å²) < 4.78 is 5.92. The largest absolute Gasteiger partial charge is 0.374 e. The molecule has 0 spiro atoms. The van der Waals surface area contributed by atoms with Gasteiger partial charge in [0.1, 0.15) is 0 Å². The Balaban J connectivity index is 1.95. The van der Waals surface area contributed by atoms with Gasteiger partial charge in [-0.1, -0.05) is 19.8 Å². The van der Waals surface area contributed by atoms with Gasteiger partial charge >= 0.3 is 0 Å². The standard InChI is InChI=1S/C14H28N2O/c1-3-13-7-5-4-6-9-16(13)12(2)14-11-15-8-10-17-14/h12-15H,3-11H2,1-2H3. The molecule has 2 saturated heterocycles. The Hall–Kier alpha value is -0.120. The van der Waals surface area contributed by atoms with E-state index in [-0.39, 0.29) is 0 Å². The minimum absolute atomic E-state index is 0.385. The Labute approximate surface area is 106 Å². The Morgan fingerprint density at radius 2 is 2.24 bits per heavy atom. The van der Waals surface area contributed by atoms with Gasteiger partial charge in [0.05, 0.1) is 12.7 Å². The molecule has 2 aliphatic rings. The number of nitrogens with zero attached hydrogens (tertiary/aromatic N) is 1. The lowest BCUT2D eigenvalue weighted by Gasteiger charge is -2.40. The molecule has 3 unspecified atom stereocenters. The second-order valence-electron chi connectivity index (χ2n) is 5.50. The summed E-state index contributed by atoms with van der Waals surface area (Å²) in [5.41, 5.74) is 0. The van der Waals surface area contributed by atoms with Crippen molar-refractivity contribution < 1.29 is 4.74 Å². The molecule has 1 N–H and O–H groups in total. The molecule has 2 heterocycles. The van der Waals surface area contributed by atoms with Gasteiger partial charge in [-0.3, -0.25) is 4.90 Å². The molecule has 2 aliphatic heterocycles. The smallest absolute Gasteiger partial charge is 0.0852 e. The molecule has 3 nitrogen and oxygen atoms in total. The Morgan fingerprint density at radius 3 is 2.94 bits per heavy atom. The maximum Gasteiger partial charge on any atom is 0.0852 e. The van der Waals surface area contributed by atoms with Crippen molar-refractivity contribution in [1.29, 1.82) is 0 Å². The molecular weight excluding hydrogens is 212 g/mol. The molecule has 17 heavy (non-hydrogen) atoms. The van der Waals surface area contributed by atoms with E-state index in [0.29, 0.717) is 12.1 Å². The summed E-state index contributed by atoms with van der Waals surface area (Å²) in [6, 6.07) is 1.34. The van der Waals surface area contributed by atoms with Crippen LogP contribution in [0.2, 0.25) is 0 Å². The van der Waals surface area contributed by atoms with Gasteiger partial charge in [0.15, 0.2) is 0 Å². The molecule has 100 valence electrons. The number of hydrogen-bond donors (Lipinski definition) is 1. The van der Waals surface area contributed by atoms with Crippen molar-refractivity contribution in [3.8, 4) is 0 Å². The molecule has 3 heteroatoms. The first kappa shape index (κ1) is 13.3. The summed E-state index contributed by atoms with van der Waals surface area (Å²) in [4.78, 5) is 2.71. The molecule has 2 rings (SSSR count). The molecule has 0 aliphatic carbocycles. The first-order chi connectivity index (χ1) is 8.33. The van der Waals surface area contributed by atoms with Crippen molar-refractivity contribution in [1.82, 2.24) is 10.2 Å². The third-order valence-corrected chi connectivity index (χ3v) is 4.41. The van der Waals surface area contributed by atoms with Crippen molar-refractivity contribution in [3.05, 3.63) is 0 Å². The average molecular weight is 240 g/mol. The first-order valence-corrected chi connectivity index (χ1v) is 7.41. The van der Waals surface area contributed by atoms with Crippen LogP contribution in [-0.4, -0.2) is 49.3 Å². The van der Waals surface area contributed by atoms with Crippen LogP contribution in [0.15, 0.2) is 0 Å². The lowest BCUT2D eigenvalue weighted by Crippen LogP contribution is -2.53. The van der Waals surface area contributed by atoms with Gasteiger partial charge in [0, 0.05) is 25.2 Å². The molecule has 0 bridgehead atoms. The highest BCUT2D eigenvalue weighted by Gasteiger charge is 2.30. The van der Waals surface area contributed by atoms with Gasteiger partial charge < -0.3 is 10.1 Å². The fourth-order valence-electron chi connectivity index (χ4n) is 3.28. The van der Waals surface area contributed by atoms with Gasteiger partial charge in [-0.25, -0.2) is 0 Å². The van der Waals surface area contributed by atoms with E-state index in [4.69, 9.17) is 4.74 Å². The number of ether oxygens (including phenoxy) is 1. The molecule has 0 saturated carbocycles. The highest BCUT2D eigenvalue weighted by Crippen LogP contribution is 2.23. The van der Waals surface area contributed by atoms with Gasteiger partial charge in [-0.15, -0.1) is 0 Å². The number of hydrogen-bond acceptors (Lipinski definition) is 3. The lowest BCUT2D eigenvalue weighted by molar-refractivity contribution is -0.0371. The van der Waals surface area contributed by atoms with Crippen molar-refractivity contribution >= 4 is 0 Å². The van der Waals surface area contributed by atoms with Crippen LogP contribution in [0.25, 0.3) is 0 Å². The minimum atomic E-state index is 0.385. The highest BCUT2D eigenvalue weighted by molar-refractivity contribution is 4.85. The number of nitrogens with one attached hydrogen (secondary N) is 1. The zero-order valence-corrected chi connectivity index (χ0v) is 11.5.